The van der Waals surface area contributed by atoms with Crippen LogP contribution in [0.5, 0.6) is 5.75 Å². The molecule has 1 aromatic carbocycles. The number of halogens is 1. The number of carbonyl (C=O) groups excluding carboxylic acids is 2. The topological polar surface area (TPSA) is 87.5 Å². The lowest BCUT2D eigenvalue weighted by molar-refractivity contribution is -0.140. The van der Waals surface area contributed by atoms with Crippen molar-refractivity contribution >= 4 is 17.5 Å². The molecule has 0 spiro atoms. The molecule has 2 N–H and O–H groups in total. The van der Waals surface area contributed by atoms with Crippen LogP contribution >= 0.6 is 0 Å². The maximum atomic E-state index is 13.4. The number of likely N-dealkylation sites (tertiary alicyclic amines) is 1. The fourth-order valence-electron chi connectivity index (χ4n) is 3.20. The number of amides is 2. The van der Waals surface area contributed by atoms with E-state index in [4.69, 9.17) is 0 Å². The first-order valence-electron chi connectivity index (χ1n) is 7.90. The Bertz CT molecular complexity index is 820. The summed E-state index contributed by atoms with van der Waals surface area (Å²) in [5, 5.41) is 16.5. The lowest BCUT2D eigenvalue weighted by atomic mass is 9.85. The number of aromatic nitrogens is 2. The van der Waals surface area contributed by atoms with Crippen LogP contribution < -0.4 is 5.32 Å². The largest absolute Gasteiger partial charge is 0.506 e. The molecule has 2 aromatic rings. The first-order chi connectivity index (χ1) is 11.9. The Balaban J connectivity index is 1.88. The average Bonchev–Trinajstić information content (AvgIpc) is 2.99. The van der Waals surface area contributed by atoms with Crippen LogP contribution in [0.15, 0.2) is 30.6 Å². The van der Waals surface area contributed by atoms with Crippen molar-refractivity contribution in [3.05, 3.63) is 42.0 Å². The summed E-state index contributed by atoms with van der Waals surface area (Å²) in [7, 11) is 3.41. The van der Waals surface area contributed by atoms with E-state index in [1.54, 1.807) is 31.2 Å². The van der Waals surface area contributed by atoms with Gasteiger partial charge in [-0.3, -0.25) is 14.3 Å². The highest BCUT2D eigenvalue weighted by molar-refractivity contribution is 5.95. The van der Waals surface area contributed by atoms with Gasteiger partial charge in [-0.2, -0.15) is 5.10 Å². The molecule has 1 aromatic heterocycles. The maximum absolute atomic E-state index is 13.4. The van der Waals surface area contributed by atoms with Crippen LogP contribution in [-0.2, 0) is 16.6 Å². The Hall–Kier alpha value is -2.90. The lowest BCUT2D eigenvalue weighted by Crippen LogP contribution is -2.44. The van der Waals surface area contributed by atoms with Crippen molar-refractivity contribution in [3.8, 4) is 5.75 Å². The molecule has 0 saturated carbocycles. The van der Waals surface area contributed by atoms with Crippen molar-refractivity contribution in [1.29, 1.82) is 0 Å². The summed E-state index contributed by atoms with van der Waals surface area (Å²) < 4.78 is 15.0. The van der Waals surface area contributed by atoms with Crippen molar-refractivity contribution in [2.75, 3.05) is 12.4 Å². The zero-order valence-electron chi connectivity index (χ0n) is 13.9. The van der Waals surface area contributed by atoms with Gasteiger partial charge in [0.05, 0.1) is 23.8 Å². The lowest BCUT2D eigenvalue weighted by Gasteiger charge is -2.37. The van der Waals surface area contributed by atoms with E-state index < -0.39 is 17.8 Å². The van der Waals surface area contributed by atoms with Crippen LogP contribution in [0.1, 0.15) is 24.4 Å². The maximum Gasteiger partial charge on any atom is 0.230 e. The third-order valence-electron chi connectivity index (χ3n) is 4.48. The van der Waals surface area contributed by atoms with Crippen molar-refractivity contribution in [1.82, 2.24) is 14.7 Å². The molecule has 3 rings (SSSR count). The molecule has 2 heterocycles. The highest BCUT2D eigenvalue weighted by atomic mass is 19.1. The van der Waals surface area contributed by atoms with Crippen LogP contribution in [0.2, 0.25) is 0 Å². The fraction of sp³-hybridized carbons (Fsp3) is 0.353. The van der Waals surface area contributed by atoms with Crippen LogP contribution in [0.4, 0.5) is 10.1 Å². The number of piperidine rings is 1. The van der Waals surface area contributed by atoms with Gasteiger partial charge in [-0.1, -0.05) is 0 Å². The Kier molecular flexibility index (Phi) is 4.43. The highest BCUT2D eigenvalue weighted by Crippen LogP contribution is 2.37. The molecular formula is C17H19FN4O3. The van der Waals surface area contributed by atoms with Crippen LogP contribution in [0, 0.1) is 11.7 Å². The van der Waals surface area contributed by atoms with Gasteiger partial charge in [-0.15, -0.1) is 0 Å². The third-order valence-corrected chi connectivity index (χ3v) is 4.48. The molecule has 0 aliphatic carbocycles. The van der Waals surface area contributed by atoms with Gasteiger partial charge >= 0.3 is 0 Å². The van der Waals surface area contributed by atoms with E-state index in [1.165, 1.54) is 11.0 Å². The normalized spacial score (nSPS) is 20.6. The minimum atomic E-state index is -0.562. The van der Waals surface area contributed by atoms with E-state index in [-0.39, 0.29) is 29.7 Å². The third kappa shape index (κ3) is 3.33. The smallest absolute Gasteiger partial charge is 0.230 e. The number of hydrogen-bond acceptors (Lipinski definition) is 4. The first-order valence-corrected chi connectivity index (χ1v) is 7.90. The summed E-state index contributed by atoms with van der Waals surface area (Å²) in [4.78, 5) is 26.4. The number of phenols is 1. The van der Waals surface area contributed by atoms with E-state index in [0.29, 0.717) is 6.42 Å². The van der Waals surface area contributed by atoms with Crippen molar-refractivity contribution in [3.63, 3.8) is 0 Å². The zero-order valence-corrected chi connectivity index (χ0v) is 13.9. The number of nitrogens with zero attached hydrogens (tertiary/aromatic N) is 3. The second kappa shape index (κ2) is 6.54. The number of hydrogen-bond donors (Lipinski definition) is 2. The van der Waals surface area contributed by atoms with E-state index in [1.807, 2.05) is 0 Å². The number of carbonyl (C=O) groups is 2. The molecule has 1 saturated heterocycles. The van der Waals surface area contributed by atoms with Gasteiger partial charge in [0, 0.05) is 38.3 Å². The number of nitrogens with one attached hydrogen (secondary N) is 1. The second-order valence-corrected chi connectivity index (χ2v) is 6.19. The summed E-state index contributed by atoms with van der Waals surface area (Å²) in [6, 6.07) is 2.88. The number of phenolic OH excluding ortho intramolecular Hbond substituents is 1. The van der Waals surface area contributed by atoms with Crippen molar-refractivity contribution < 1.29 is 19.1 Å². The fourth-order valence-corrected chi connectivity index (χ4v) is 3.20. The summed E-state index contributed by atoms with van der Waals surface area (Å²) in [6.45, 7) is 0. The van der Waals surface area contributed by atoms with Gasteiger partial charge in [0.2, 0.25) is 11.8 Å². The van der Waals surface area contributed by atoms with Crippen LogP contribution in [-0.4, -0.2) is 38.6 Å². The quantitative estimate of drug-likeness (QED) is 0.830. The van der Waals surface area contributed by atoms with E-state index >= 15 is 0 Å². The molecule has 132 valence electrons. The second-order valence-electron chi connectivity index (χ2n) is 6.19. The Morgan fingerprint density at radius 2 is 2.16 bits per heavy atom. The standard InChI is InChI=1S/C17H19FN4O3/c1-21-9-10(8-19-21)16-12(4-6-15(24)22(16)2)17(25)20-13-7-11(18)3-5-14(13)23/h3,5,7-9,12,16,23H,4,6H2,1-2H3,(H,20,25)/t12-,16+/m1/s1. The molecule has 2 amide bonds. The van der Waals surface area contributed by atoms with E-state index in [9.17, 15) is 19.1 Å². The number of benzene rings is 1. The van der Waals surface area contributed by atoms with E-state index in [0.717, 1.165) is 17.7 Å². The molecule has 1 aliphatic rings. The Morgan fingerprint density at radius 3 is 2.84 bits per heavy atom. The van der Waals surface area contributed by atoms with Crippen molar-refractivity contribution in [2.45, 2.75) is 18.9 Å². The highest BCUT2D eigenvalue weighted by Gasteiger charge is 2.39. The van der Waals surface area contributed by atoms with Crippen LogP contribution in [0.3, 0.4) is 0 Å². The van der Waals surface area contributed by atoms with Gasteiger partial charge in [-0.05, 0) is 18.6 Å². The molecule has 0 radical (unpaired) electrons. The Morgan fingerprint density at radius 1 is 1.40 bits per heavy atom. The molecule has 0 unspecified atom stereocenters. The summed E-state index contributed by atoms with van der Waals surface area (Å²) in [5.41, 5.74) is 0.760. The molecule has 7 nitrogen and oxygen atoms in total. The number of rotatable bonds is 3. The Labute approximate surface area is 144 Å². The first kappa shape index (κ1) is 16.9. The summed E-state index contributed by atoms with van der Waals surface area (Å²) in [5.74, 6) is -1.74. The van der Waals surface area contributed by atoms with Gasteiger partial charge in [0.15, 0.2) is 0 Å². The van der Waals surface area contributed by atoms with Crippen LogP contribution in [0.25, 0.3) is 0 Å². The average molecular weight is 346 g/mol. The molecule has 0 bridgehead atoms. The number of aryl methyl sites for hydroxylation is 1. The minimum Gasteiger partial charge on any atom is -0.506 e. The zero-order chi connectivity index (χ0) is 18.1. The summed E-state index contributed by atoms with van der Waals surface area (Å²) in [6.07, 6.45) is 4.00. The van der Waals surface area contributed by atoms with Gasteiger partial charge < -0.3 is 15.3 Å². The molecule has 25 heavy (non-hydrogen) atoms. The van der Waals surface area contributed by atoms with Gasteiger partial charge in [0.25, 0.3) is 0 Å². The SMILES string of the molecule is CN1C(=O)CC[C@@H](C(=O)Nc2cc(F)ccc2O)[C@@H]1c1cnn(C)c1. The van der Waals surface area contributed by atoms with E-state index in [2.05, 4.69) is 10.4 Å². The predicted octanol–water partition coefficient (Wildman–Crippen LogP) is 1.81. The molecule has 1 aliphatic heterocycles. The van der Waals surface area contributed by atoms with Gasteiger partial charge in [0.1, 0.15) is 11.6 Å². The molecular weight excluding hydrogens is 327 g/mol. The van der Waals surface area contributed by atoms with Gasteiger partial charge in [-0.25, -0.2) is 4.39 Å². The number of anilines is 1. The monoisotopic (exact) mass is 346 g/mol. The summed E-state index contributed by atoms with van der Waals surface area (Å²) >= 11 is 0. The molecule has 2 atom stereocenters. The molecule has 1 fully saturated rings. The number of aromatic hydroxyl groups is 1. The predicted molar refractivity (Wildman–Crippen MR) is 88.1 cm³/mol. The van der Waals surface area contributed by atoms with Crippen molar-refractivity contribution in [2.24, 2.45) is 13.0 Å². The molecule has 8 heteroatoms. The minimum absolute atomic E-state index is 0.00879.